The Hall–Kier alpha value is -3.03. The van der Waals surface area contributed by atoms with Gasteiger partial charge >= 0.3 is 0 Å². The van der Waals surface area contributed by atoms with Gasteiger partial charge in [0.25, 0.3) is 0 Å². The van der Waals surface area contributed by atoms with Gasteiger partial charge in [0.05, 0.1) is 18.7 Å². The Bertz CT molecular complexity index is 829. The second-order valence-electron chi connectivity index (χ2n) is 5.55. The number of nitrogens with one attached hydrogen (secondary N) is 1. The molecule has 130 valence electrons. The summed E-state index contributed by atoms with van der Waals surface area (Å²) in [6.45, 7) is 0.00972. The molecule has 3 rings (SSSR count). The number of hydrogen-bond donors (Lipinski definition) is 1. The summed E-state index contributed by atoms with van der Waals surface area (Å²) in [5.74, 6) is -2.79. The standard InChI is InChI=1S/C17H15F2N3O3/c1-25-17-13(3-2-6-20-17)21-16(24)10-7-15(23)22(9-10)14-5-4-11(18)8-12(14)19/h2-6,8,10H,7,9H2,1H3,(H,21,24)/t10-/m1/s1. The molecule has 0 bridgehead atoms. The van der Waals surface area contributed by atoms with Crippen LogP contribution in [0.5, 0.6) is 5.88 Å². The minimum atomic E-state index is -0.844. The van der Waals surface area contributed by atoms with E-state index in [2.05, 4.69) is 10.3 Å². The highest BCUT2D eigenvalue weighted by atomic mass is 19.1. The number of amides is 2. The quantitative estimate of drug-likeness (QED) is 0.922. The van der Waals surface area contributed by atoms with E-state index in [4.69, 9.17) is 4.74 Å². The Balaban J connectivity index is 1.74. The van der Waals surface area contributed by atoms with E-state index in [9.17, 15) is 18.4 Å². The Morgan fingerprint density at radius 1 is 1.36 bits per heavy atom. The van der Waals surface area contributed by atoms with E-state index in [1.165, 1.54) is 19.4 Å². The van der Waals surface area contributed by atoms with Crippen molar-refractivity contribution in [1.29, 1.82) is 0 Å². The van der Waals surface area contributed by atoms with Crippen LogP contribution in [0.3, 0.4) is 0 Å². The molecule has 1 aliphatic heterocycles. The average Bonchev–Trinajstić information content (AvgIpc) is 2.97. The molecule has 1 aliphatic rings. The van der Waals surface area contributed by atoms with Gasteiger partial charge in [-0.1, -0.05) is 0 Å². The summed E-state index contributed by atoms with van der Waals surface area (Å²) in [5, 5.41) is 2.66. The first-order valence-electron chi connectivity index (χ1n) is 7.55. The van der Waals surface area contributed by atoms with Crippen LogP contribution < -0.4 is 15.0 Å². The van der Waals surface area contributed by atoms with E-state index in [1.807, 2.05) is 0 Å². The van der Waals surface area contributed by atoms with Gasteiger partial charge in [-0.3, -0.25) is 9.59 Å². The van der Waals surface area contributed by atoms with Crippen molar-refractivity contribution in [2.45, 2.75) is 6.42 Å². The second-order valence-corrected chi connectivity index (χ2v) is 5.55. The predicted molar refractivity (Wildman–Crippen MR) is 86.2 cm³/mol. The molecule has 6 nitrogen and oxygen atoms in total. The fourth-order valence-corrected chi connectivity index (χ4v) is 2.70. The molecule has 2 heterocycles. The van der Waals surface area contributed by atoms with Gasteiger partial charge in [0.2, 0.25) is 17.7 Å². The number of anilines is 2. The van der Waals surface area contributed by atoms with Crippen molar-refractivity contribution in [1.82, 2.24) is 4.98 Å². The molecular formula is C17H15F2N3O3. The van der Waals surface area contributed by atoms with Gasteiger partial charge < -0.3 is 15.0 Å². The molecule has 1 N–H and O–H groups in total. The third-order valence-corrected chi connectivity index (χ3v) is 3.92. The van der Waals surface area contributed by atoms with E-state index >= 15 is 0 Å². The van der Waals surface area contributed by atoms with Crippen LogP contribution in [0.2, 0.25) is 0 Å². The van der Waals surface area contributed by atoms with E-state index in [1.54, 1.807) is 12.1 Å². The lowest BCUT2D eigenvalue weighted by Gasteiger charge is -2.17. The molecule has 2 aromatic rings. The van der Waals surface area contributed by atoms with Gasteiger partial charge in [0, 0.05) is 25.2 Å². The van der Waals surface area contributed by atoms with Gasteiger partial charge in [-0.25, -0.2) is 13.8 Å². The maximum atomic E-state index is 13.9. The van der Waals surface area contributed by atoms with Crippen LogP contribution in [0.1, 0.15) is 6.42 Å². The first kappa shape index (κ1) is 16.8. The Morgan fingerprint density at radius 2 is 2.16 bits per heavy atom. The summed E-state index contributed by atoms with van der Waals surface area (Å²) in [7, 11) is 1.43. The first-order chi connectivity index (χ1) is 12.0. The molecule has 8 heteroatoms. The monoisotopic (exact) mass is 347 g/mol. The first-order valence-corrected chi connectivity index (χ1v) is 7.55. The van der Waals surface area contributed by atoms with Crippen LogP contribution in [-0.4, -0.2) is 30.5 Å². The predicted octanol–water partition coefficient (Wildman–Crippen LogP) is 2.36. The van der Waals surface area contributed by atoms with Crippen LogP contribution in [-0.2, 0) is 9.59 Å². The summed E-state index contributed by atoms with van der Waals surface area (Å²) in [6.07, 6.45) is 1.46. The highest BCUT2D eigenvalue weighted by Gasteiger charge is 2.36. The van der Waals surface area contributed by atoms with Crippen LogP contribution in [0.15, 0.2) is 36.5 Å². The number of carbonyl (C=O) groups excluding carboxylic acids is 2. The zero-order valence-corrected chi connectivity index (χ0v) is 13.3. The Kier molecular flexibility index (Phi) is 4.60. The summed E-state index contributed by atoms with van der Waals surface area (Å²) in [5.41, 5.74) is 0.342. The molecule has 1 fully saturated rings. The average molecular weight is 347 g/mol. The van der Waals surface area contributed by atoms with E-state index in [-0.39, 0.29) is 24.5 Å². The molecule has 1 atom stereocenters. The minimum Gasteiger partial charge on any atom is -0.480 e. The third kappa shape index (κ3) is 3.42. The molecule has 0 spiro atoms. The number of aromatic nitrogens is 1. The third-order valence-electron chi connectivity index (χ3n) is 3.92. The molecule has 0 saturated carbocycles. The number of rotatable bonds is 4. The van der Waals surface area contributed by atoms with Crippen molar-refractivity contribution in [3.63, 3.8) is 0 Å². The number of pyridine rings is 1. The van der Waals surface area contributed by atoms with E-state index in [0.29, 0.717) is 11.8 Å². The molecule has 1 aromatic carbocycles. The van der Waals surface area contributed by atoms with E-state index in [0.717, 1.165) is 11.0 Å². The number of carbonyl (C=O) groups is 2. The number of ether oxygens (including phenoxy) is 1. The summed E-state index contributed by atoms with van der Waals surface area (Å²) < 4.78 is 32.0. The zero-order chi connectivity index (χ0) is 18.0. The van der Waals surface area contributed by atoms with Crippen molar-refractivity contribution in [3.8, 4) is 5.88 Å². The second kappa shape index (κ2) is 6.84. The molecule has 0 unspecified atom stereocenters. The highest BCUT2D eigenvalue weighted by Crippen LogP contribution is 2.29. The summed E-state index contributed by atoms with van der Waals surface area (Å²) >= 11 is 0. The summed E-state index contributed by atoms with van der Waals surface area (Å²) in [4.78, 5) is 29.7. The molecule has 2 amide bonds. The van der Waals surface area contributed by atoms with Crippen LogP contribution >= 0.6 is 0 Å². The number of nitrogens with zero attached hydrogens (tertiary/aromatic N) is 2. The fraction of sp³-hybridized carbons (Fsp3) is 0.235. The van der Waals surface area contributed by atoms with Crippen molar-refractivity contribution in [2.24, 2.45) is 5.92 Å². The SMILES string of the molecule is COc1ncccc1NC(=O)[C@@H]1CC(=O)N(c2ccc(F)cc2F)C1. The lowest BCUT2D eigenvalue weighted by Crippen LogP contribution is -2.28. The Labute approximate surface area is 142 Å². The van der Waals surface area contributed by atoms with Crippen LogP contribution in [0, 0.1) is 17.6 Å². The van der Waals surface area contributed by atoms with Crippen molar-refractivity contribution < 1.29 is 23.1 Å². The molecule has 0 aliphatic carbocycles. The summed E-state index contributed by atoms with van der Waals surface area (Å²) in [6, 6.07) is 6.22. The van der Waals surface area contributed by atoms with Gasteiger partial charge in [-0.2, -0.15) is 0 Å². The van der Waals surface area contributed by atoms with Gasteiger partial charge in [-0.05, 0) is 24.3 Å². The topological polar surface area (TPSA) is 71.5 Å². The smallest absolute Gasteiger partial charge is 0.237 e. The van der Waals surface area contributed by atoms with Crippen molar-refractivity contribution in [3.05, 3.63) is 48.2 Å². The van der Waals surface area contributed by atoms with Crippen molar-refractivity contribution >= 4 is 23.2 Å². The van der Waals surface area contributed by atoms with Crippen LogP contribution in [0.25, 0.3) is 0 Å². The van der Waals surface area contributed by atoms with Gasteiger partial charge in [0.15, 0.2) is 0 Å². The number of halogens is 2. The maximum Gasteiger partial charge on any atom is 0.237 e. The van der Waals surface area contributed by atoms with Crippen molar-refractivity contribution in [2.75, 3.05) is 23.9 Å². The van der Waals surface area contributed by atoms with Gasteiger partial charge in [-0.15, -0.1) is 0 Å². The number of benzene rings is 1. The molecular weight excluding hydrogens is 332 g/mol. The van der Waals surface area contributed by atoms with Crippen LogP contribution in [0.4, 0.5) is 20.2 Å². The lowest BCUT2D eigenvalue weighted by molar-refractivity contribution is -0.122. The molecule has 0 radical (unpaired) electrons. The maximum absolute atomic E-state index is 13.9. The van der Waals surface area contributed by atoms with E-state index < -0.39 is 29.4 Å². The number of hydrogen-bond acceptors (Lipinski definition) is 4. The highest BCUT2D eigenvalue weighted by molar-refractivity contribution is 6.03. The molecule has 1 aromatic heterocycles. The lowest BCUT2D eigenvalue weighted by atomic mass is 10.1. The molecule has 25 heavy (non-hydrogen) atoms. The normalized spacial score (nSPS) is 16.8. The zero-order valence-electron chi connectivity index (χ0n) is 13.3. The van der Waals surface area contributed by atoms with Gasteiger partial charge in [0.1, 0.15) is 17.3 Å². The fourth-order valence-electron chi connectivity index (χ4n) is 2.70. The minimum absolute atomic E-state index is 0.00972. The largest absolute Gasteiger partial charge is 0.480 e. The molecule has 1 saturated heterocycles. The number of methoxy groups -OCH3 is 1. The Morgan fingerprint density at radius 3 is 2.88 bits per heavy atom.